The highest BCUT2D eigenvalue weighted by atomic mass is 32.2. The summed E-state index contributed by atoms with van der Waals surface area (Å²) in [7, 11) is -2.10. The molecule has 0 aliphatic heterocycles. The molecule has 1 heterocycles. The number of aromatic nitrogens is 2. The average Bonchev–Trinajstić information content (AvgIpc) is 2.70. The quantitative estimate of drug-likeness (QED) is 0.796. The van der Waals surface area contributed by atoms with Crippen molar-refractivity contribution in [2.24, 2.45) is 5.92 Å². The van der Waals surface area contributed by atoms with Crippen molar-refractivity contribution in [3.63, 3.8) is 0 Å². The van der Waals surface area contributed by atoms with Crippen molar-refractivity contribution < 1.29 is 8.42 Å². The van der Waals surface area contributed by atoms with Crippen LogP contribution in [0.25, 0.3) is 0 Å². The van der Waals surface area contributed by atoms with Crippen LogP contribution in [0.1, 0.15) is 6.92 Å². The summed E-state index contributed by atoms with van der Waals surface area (Å²) in [6, 6.07) is 3.36. The van der Waals surface area contributed by atoms with E-state index >= 15 is 0 Å². The zero-order valence-corrected chi connectivity index (χ0v) is 9.32. The summed E-state index contributed by atoms with van der Waals surface area (Å²) in [5.41, 5.74) is 0. The van der Waals surface area contributed by atoms with Crippen molar-refractivity contribution in [1.29, 1.82) is 5.26 Å². The molecule has 0 saturated heterocycles. The van der Waals surface area contributed by atoms with Crippen molar-refractivity contribution in [3.05, 3.63) is 12.3 Å². The van der Waals surface area contributed by atoms with E-state index in [2.05, 4.69) is 10.2 Å². The van der Waals surface area contributed by atoms with E-state index in [0.29, 0.717) is 0 Å². The molecule has 1 aromatic rings. The van der Waals surface area contributed by atoms with Crippen molar-refractivity contribution in [1.82, 2.24) is 14.5 Å². The fourth-order valence-corrected chi connectivity index (χ4v) is 2.24. The maximum atomic E-state index is 11.8. The van der Waals surface area contributed by atoms with E-state index in [1.807, 2.05) is 6.07 Å². The minimum absolute atomic E-state index is 0.0372. The molecular formula is C8H12N4O2S. The van der Waals surface area contributed by atoms with Crippen LogP contribution >= 0.6 is 0 Å². The van der Waals surface area contributed by atoms with Crippen LogP contribution < -0.4 is 0 Å². The highest BCUT2D eigenvalue weighted by molar-refractivity contribution is 7.89. The molecule has 6 nitrogen and oxygen atoms in total. The third-order valence-electron chi connectivity index (χ3n) is 1.91. The smallest absolute Gasteiger partial charge is 0.259 e. The molecule has 7 heteroatoms. The molecule has 1 atom stereocenters. The van der Waals surface area contributed by atoms with Crippen molar-refractivity contribution >= 4 is 10.0 Å². The third kappa shape index (κ3) is 2.55. The molecule has 0 fully saturated rings. The largest absolute Gasteiger partial charge is 0.266 e. The van der Waals surface area contributed by atoms with Gasteiger partial charge < -0.3 is 0 Å². The fourth-order valence-electron chi connectivity index (χ4n) is 1.08. The standard InChI is InChI=1S/C8H12N4O2S/c1-7(5-9)6-12(2)15(13,14)8-3-4-10-11-8/h3-4,7H,6H2,1-2H3,(H,10,11). The molecule has 1 N–H and O–H groups in total. The van der Waals surface area contributed by atoms with Crippen molar-refractivity contribution in [3.8, 4) is 6.07 Å². The van der Waals surface area contributed by atoms with Gasteiger partial charge >= 0.3 is 0 Å². The van der Waals surface area contributed by atoms with Crippen LogP contribution in [-0.2, 0) is 10.0 Å². The molecule has 1 unspecified atom stereocenters. The predicted molar refractivity (Wildman–Crippen MR) is 53.2 cm³/mol. The summed E-state index contributed by atoms with van der Waals surface area (Å²) in [5.74, 6) is -0.340. The zero-order chi connectivity index (χ0) is 11.5. The van der Waals surface area contributed by atoms with Gasteiger partial charge in [-0.3, -0.25) is 5.10 Å². The molecule has 1 rings (SSSR count). The normalized spacial score (nSPS) is 13.7. The van der Waals surface area contributed by atoms with Gasteiger partial charge in [0.1, 0.15) is 0 Å². The second-order valence-electron chi connectivity index (χ2n) is 3.24. The van der Waals surface area contributed by atoms with E-state index in [4.69, 9.17) is 5.26 Å². The third-order valence-corrected chi connectivity index (χ3v) is 3.67. The second kappa shape index (κ2) is 4.42. The highest BCUT2D eigenvalue weighted by Crippen LogP contribution is 2.11. The molecule has 0 bridgehead atoms. The van der Waals surface area contributed by atoms with Gasteiger partial charge in [-0.2, -0.15) is 14.7 Å². The monoisotopic (exact) mass is 228 g/mol. The SMILES string of the molecule is CC(C#N)CN(C)S(=O)(=O)c1ccn[nH]1. The lowest BCUT2D eigenvalue weighted by molar-refractivity contribution is 0.437. The summed E-state index contributed by atoms with van der Waals surface area (Å²) in [6.07, 6.45) is 1.37. The van der Waals surface area contributed by atoms with Gasteiger partial charge in [-0.25, -0.2) is 8.42 Å². The Labute approximate surface area is 88.6 Å². The number of hydrogen-bond acceptors (Lipinski definition) is 4. The molecule has 82 valence electrons. The van der Waals surface area contributed by atoms with Gasteiger partial charge in [-0.05, 0) is 13.0 Å². The van der Waals surface area contributed by atoms with Crippen LogP contribution in [0.2, 0.25) is 0 Å². The lowest BCUT2D eigenvalue weighted by Crippen LogP contribution is -2.31. The van der Waals surface area contributed by atoms with E-state index < -0.39 is 10.0 Å². The zero-order valence-electron chi connectivity index (χ0n) is 8.51. The fraction of sp³-hybridized carbons (Fsp3) is 0.500. The topological polar surface area (TPSA) is 89.8 Å². The van der Waals surface area contributed by atoms with E-state index in [9.17, 15) is 8.42 Å². The molecule has 15 heavy (non-hydrogen) atoms. The van der Waals surface area contributed by atoms with E-state index in [1.54, 1.807) is 6.92 Å². The Morgan fingerprint density at radius 2 is 2.40 bits per heavy atom. The van der Waals surface area contributed by atoms with Gasteiger partial charge in [0.25, 0.3) is 10.0 Å². The maximum absolute atomic E-state index is 11.8. The highest BCUT2D eigenvalue weighted by Gasteiger charge is 2.23. The number of sulfonamides is 1. The Morgan fingerprint density at radius 3 is 2.87 bits per heavy atom. The molecule has 1 aromatic heterocycles. The Kier molecular flexibility index (Phi) is 3.44. The summed E-state index contributed by atoms with van der Waals surface area (Å²) in [4.78, 5) is 0. The lowest BCUT2D eigenvalue weighted by Gasteiger charge is -2.16. The first kappa shape index (κ1) is 11.7. The van der Waals surface area contributed by atoms with Gasteiger partial charge in [-0.1, -0.05) is 0 Å². The van der Waals surface area contributed by atoms with Gasteiger partial charge in [0, 0.05) is 13.6 Å². The molecule has 0 saturated carbocycles. The predicted octanol–water partition coefficient (Wildman–Crippen LogP) is 0.190. The summed E-state index contributed by atoms with van der Waals surface area (Å²) in [5, 5.41) is 14.6. The first-order chi connectivity index (χ1) is 6.98. The Morgan fingerprint density at radius 1 is 1.73 bits per heavy atom. The molecule has 0 aliphatic rings. The summed E-state index contributed by atoms with van der Waals surface area (Å²) in [6.45, 7) is 1.83. The van der Waals surface area contributed by atoms with Crippen molar-refractivity contribution in [2.45, 2.75) is 11.9 Å². The average molecular weight is 228 g/mol. The number of H-pyrrole nitrogens is 1. The Hall–Kier alpha value is -1.39. The molecular weight excluding hydrogens is 216 g/mol. The molecule has 0 spiro atoms. The number of hydrogen-bond donors (Lipinski definition) is 1. The molecule has 0 radical (unpaired) electrons. The molecule has 0 aliphatic carbocycles. The maximum Gasteiger partial charge on any atom is 0.259 e. The number of nitrogens with zero attached hydrogens (tertiary/aromatic N) is 3. The first-order valence-corrected chi connectivity index (χ1v) is 5.78. The summed E-state index contributed by atoms with van der Waals surface area (Å²) >= 11 is 0. The van der Waals surface area contributed by atoms with Crippen molar-refractivity contribution in [2.75, 3.05) is 13.6 Å². The minimum Gasteiger partial charge on any atom is -0.266 e. The number of nitrogens with one attached hydrogen (secondary N) is 1. The van der Waals surface area contributed by atoms with Crippen LogP contribution in [0, 0.1) is 17.2 Å². The number of rotatable bonds is 4. The van der Waals surface area contributed by atoms with Crippen LogP contribution in [-0.4, -0.2) is 36.5 Å². The van der Waals surface area contributed by atoms with Crippen LogP contribution in [0.5, 0.6) is 0 Å². The summed E-state index contributed by atoms with van der Waals surface area (Å²) < 4.78 is 24.7. The van der Waals surface area contributed by atoms with E-state index in [-0.39, 0.29) is 17.5 Å². The molecule has 0 aromatic carbocycles. The van der Waals surface area contributed by atoms with E-state index in [0.717, 1.165) is 4.31 Å². The molecule has 0 amide bonds. The van der Waals surface area contributed by atoms with Gasteiger partial charge in [0.2, 0.25) is 0 Å². The van der Waals surface area contributed by atoms with Gasteiger partial charge in [0.05, 0.1) is 18.2 Å². The Balaban J connectivity index is 2.85. The van der Waals surface area contributed by atoms with Crippen LogP contribution in [0.15, 0.2) is 17.3 Å². The lowest BCUT2D eigenvalue weighted by atomic mass is 10.2. The minimum atomic E-state index is -3.54. The van der Waals surface area contributed by atoms with Crippen LogP contribution in [0.3, 0.4) is 0 Å². The number of aromatic amines is 1. The van der Waals surface area contributed by atoms with E-state index in [1.165, 1.54) is 19.3 Å². The number of nitriles is 1. The van der Waals surface area contributed by atoms with Gasteiger partial charge in [-0.15, -0.1) is 0 Å². The Bertz CT molecular complexity index is 445. The first-order valence-electron chi connectivity index (χ1n) is 4.34. The van der Waals surface area contributed by atoms with Gasteiger partial charge in [0.15, 0.2) is 5.03 Å². The van der Waals surface area contributed by atoms with Crippen LogP contribution in [0.4, 0.5) is 0 Å². The second-order valence-corrected chi connectivity index (χ2v) is 5.25.